The van der Waals surface area contributed by atoms with Crippen molar-refractivity contribution in [2.24, 2.45) is 5.92 Å². The third-order valence-electron chi connectivity index (χ3n) is 7.45. The molecule has 0 spiro atoms. The van der Waals surface area contributed by atoms with Crippen molar-refractivity contribution in [3.63, 3.8) is 0 Å². The van der Waals surface area contributed by atoms with Gasteiger partial charge in [-0.3, -0.25) is 14.5 Å². The molecular weight excluding hydrogens is 434 g/mol. The molecule has 180 valence electrons. The highest BCUT2D eigenvalue weighted by Gasteiger charge is 2.50. The van der Waals surface area contributed by atoms with E-state index >= 15 is 0 Å². The summed E-state index contributed by atoms with van der Waals surface area (Å²) in [6.45, 7) is 4.28. The molecule has 2 aromatic heterocycles. The average molecular weight is 466 g/mol. The molecule has 1 aromatic carbocycles. The number of nitrogens with one attached hydrogen (secondary N) is 1. The predicted molar refractivity (Wildman–Crippen MR) is 129 cm³/mol. The minimum Gasteiger partial charge on any atom is -0.497 e. The molecule has 34 heavy (non-hydrogen) atoms. The molecule has 1 N–H and O–H groups in total. The fourth-order valence-corrected chi connectivity index (χ4v) is 5.42. The Balaban J connectivity index is 1.64. The van der Waals surface area contributed by atoms with Gasteiger partial charge in [-0.2, -0.15) is 0 Å². The lowest BCUT2D eigenvalue weighted by molar-refractivity contribution is -0.127. The summed E-state index contributed by atoms with van der Waals surface area (Å²) >= 11 is 0. The second-order valence-electron chi connectivity index (χ2n) is 9.58. The first-order valence-corrected chi connectivity index (χ1v) is 11.8. The highest BCUT2D eigenvalue weighted by molar-refractivity contribution is 6.14. The van der Waals surface area contributed by atoms with Crippen molar-refractivity contribution in [2.45, 2.75) is 57.7 Å². The smallest absolute Gasteiger partial charge is 0.276 e. The Morgan fingerprint density at radius 3 is 2.68 bits per heavy atom. The maximum absolute atomic E-state index is 14.0. The molecule has 8 nitrogen and oxygen atoms in total. The molecule has 8 heteroatoms. The molecular formula is C26H31N3O5. The Morgan fingerprint density at radius 1 is 1.15 bits per heavy atom. The highest BCUT2D eigenvalue weighted by Crippen LogP contribution is 2.42. The molecule has 2 amide bonds. The van der Waals surface area contributed by atoms with Gasteiger partial charge in [-0.1, -0.05) is 19.8 Å². The fraction of sp³-hybridized carbons (Fsp3) is 0.462. The van der Waals surface area contributed by atoms with Crippen LogP contribution in [0.15, 0.2) is 41.0 Å². The van der Waals surface area contributed by atoms with Crippen molar-refractivity contribution in [1.29, 1.82) is 0 Å². The normalized spacial score (nSPS) is 24.7. The van der Waals surface area contributed by atoms with Gasteiger partial charge in [0.2, 0.25) is 5.91 Å². The van der Waals surface area contributed by atoms with Crippen molar-refractivity contribution in [2.75, 3.05) is 19.1 Å². The number of nitrogens with zero attached hydrogens (tertiary/aromatic N) is 2. The van der Waals surface area contributed by atoms with E-state index in [0.29, 0.717) is 34.4 Å². The molecule has 1 aliphatic heterocycles. The lowest BCUT2D eigenvalue weighted by atomic mass is 9.84. The molecule has 1 aliphatic carbocycles. The highest BCUT2D eigenvalue weighted by atomic mass is 16.5. The minimum absolute atomic E-state index is 0.0854. The summed E-state index contributed by atoms with van der Waals surface area (Å²) in [5.41, 5.74) is 1.17. The molecule has 2 aliphatic rings. The second kappa shape index (κ2) is 8.42. The van der Waals surface area contributed by atoms with Crippen molar-refractivity contribution in [3.05, 3.63) is 42.3 Å². The van der Waals surface area contributed by atoms with E-state index in [1.807, 2.05) is 17.6 Å². The number of anilines is 1. The third kappa shape index (κ3) is 3.43. The van der Waals surface area contributed by atoms with E-state index in [1.54, 1.807) is 49.6 Å². The van der Waals surface area contributed by atoms with Gasteiger partial charge in [0.05, 0.1) is 38.2 Å². The van der Waals surface area contributed by atoms with E-state index in [9.17, 15) is 9.59 Å². The molecule has 3 unspecified atom stereocenters. The summed E-state index contributed by atoms with van der Waals surface area (Å²) in [7, 11) is 3.12. The van der Waals surface area contributed by atoms with Crippen LogP contribution in [0, 0.1) is 5.92 Å². The number of carbonyl (C=O) groups is 2. The number of hydrogen-bond acceptors (Lipinski definition) is 5. The van der Waals surface area contributed by atoms with Gasteiger partial charge in [0.25, 0.3) is 5.91 Å². The summed E-state index contributed by atoms with van der Waals surface area (Å²) < 4.78 is 18.5. The lowest BCUT2D eigenvalue weighted by Gasteiger charge is -2.45. The van der Waals surface area contributed by atoms with Crippen LogP contribution in [0.3, 0.4) is 0 Å². The monoisotopic (exact) mass is 465 g/mol. The first kappa shape index (κ1) is 22.4. The molecule has 3 atom stereocenters. The number of carbonyl (C=O) groups excluding carboxylic acids is 2. The van der Waals surface area contributed by atoms with Crippen LogP contribution in [0.1, 0.15) is 50.0 Å². The second-order valence-corrected chi connectivity index (χ2v) is 9.58. The first-order valence-electron chi connectivity index (χ1n) is 11.8. The zero-order valence-corrected chi connectivity index (χ0v) is 20.1. The topological polar surface area (TPSA) is 85.9 Å². The summed E-state index contributed by atoms with van der Waals surface area (Å²) in [6, 6.07) is 8.92. The number of furan rings is 1. The Hall–Kier alpha value is -3.42. The van der Waals surface area contributed by atoms with E-state index < -0.39 is 5.54 Å². The number of ether oxygens (including phenoxy) is 2. The molecule has 5 rings (SSSR count). The molecule has 0 radical (unpaired) electrons. The van der Waals surface area contributed by atoms with Crippen molar-refractivity contribution in [3.8, 4) is 11.5 Å². The van der Waals surface area contributed by atoms with Crippen LogP contribution in [-0.2, 0) is 11.3 Å². The zero-order chi connectivity index (χ0) is 24.0. The SMILES string of the molecule is COc1ccc(OC)c(N2C(=O)c3cc4occc4n3CC2(C)C(=O)NC2CCCCC2C)c1. The zero-order valence-electron chi connectivity index (χ0n) is 20.1. The summed E-state index contributed by atoms with van der Waals surface area (Å²) in [4.78, 5) is 29.6. The number of aromatic nitrogens is 1. The van der Waals surface area contributed by atoms with Gasteiger partial charge in [0, 0.05) is 24.2 Å². The van der Waals surface area contributed by atoms with Gasteiger partial charge in [-0.25, -0.2) is 0 Å². The van der Waals surface area contributed by atoms with Gasteiger partial charge in [0.15, 0.2) is 5.58 Å². The van der Waals surface area contributed by atoms with Gasteiger partial charge >= 0.3 is 0 Å². The van der Waals surface area contributed by atoms with Gasteiger partial charge < -0.3 is 23.8 Å². The number of fused-ring (bicyclic) bond motifs is 3. The van der Waals surface area contributed by atoms with E-state index in [1.165, 1.54) is 6.42 Å². The molecule has 1 saturated carbocycles. The lowest BCUT2D eigenvalue weighted by Crippen LogP contribution is -2.65. The Kier molecular flexibility index (Phi) is 5.54. The first-order chi connectivity index (χ1) is 16.4. The van der Waals surface area contributed by atoms with Gasteiger partial charge in [-0.05, 0) is 37.8 Å². The fourth-order valence-electron chi connectivity index (χ4n) is 5.42. The van der Waals surface area contributed by atoms with Gasteiger partial charge in [-0.15, -0.1) is 0 Å². The van der Waals surface area contributed by atoms with Crippen LogP contribution in [-0.4, -0.2) is 42.2 Å². The third-order valence-corrected chi connectivity index (χ3v) is 7.45. The van der Waals surface area contributed by atoms with Crippen molar-refractivity contribution >= 4 is 28.6 Å². The molecule has 3 heterocycles. The summed E-state index contributed by atoms with van der Waals surface area (Å²) in [5, 5.41) is 3.29. The molecule has 0 bridgehead atoms. The largest absolute Gasteiger partial charge is 0.497 e. The number of hydrogen-bond donors (Lipinski definition) is 1. The standard InChI is InChI=1S/C26H31N3O5/c1-16-7-5-6-8-18(16)27-25(31)26(2)15-28-19-11-12-34-23(19)14-21(28)24(30)29(26)20-13-17(32-3)9-10-22(20)33-4/h9-14,16,18H,5-8,15H2,1-4H3,(H,27,31). The van der Waals surface area contributed by atoms with Crippen LogP contribution in [0.5, 0.6) is 11.5 Å². The predicted octanol–water partition coefficient (Wildman–Crippen LogP) is 4.37. The maximum atomic E-state index is 14.0. The molecule has 1 fully saturated rings. The van der Waals surface area contributed by atoms with Crippen molar-refractivity contribution < 1.29 is 23.5 Å². The summed E-state index contributed by atoms with van der Waals surface area (Å²) in [6.07, 6.45) is 5.91. The van der Waals surface area contributed by atoms with E-state index in [-0.39, 0.29) is 24.4 Å². The minimum atomic E-state index is -1.20. The number of rotatable bonds is 5. The number of benzene rings is 1. The van der Waals surface area contributed by atoms with Crippen LogP contribution >= 0.6 is 0 Å². The van der Waals surface area contributed by atoms with E-state index in [2.05, 4.69) is 12.2 Å². The van der Waals surface area contributed by atoms with Crippen LogP contribution in [0.25, 0.3) is 11.1 Å². The number of amides is 2. The van der Waals surface area contributed by atoms with Crippen LogP contribution < -0.4 is 19.7 Å². The van der Waals surface area contributed by atoms with Crippen molar-refractivity contribution in [1.82, 2.24) is 9.88 Å². The quantitative estimate of drug-likeness (QED) is 0.605. The van der Waals surface area contributed by atoms with Crippen LogP contribution in [0.2, 0.25) is 0 Å². The number of methoxy groups -OCH3 is 2. The molecule has 0 saturated heterocycles. The maximum Gasteiger partial charge on any atom is 0.276 e. The van der Waals surface area contributed by atoms with E-state index in [0.717, 1.165) is 24.8 Å². The van der Waals surface area contributed by atoms with E-state index in [4.69, 9.17) is 13.9 Å². The Labute approximate surface area is 198 Å². The summed E-state index contributed by atoms with van der Waals surface area (Å²) in [5.74, 6) is 0.979. The average Bonchev–Trinajstić information content (AvgIpc) is 3.43. The molecule has 3 aromatic rings. The van der Waals surface area contributed by atoms with Crippen LogP contribution in [0.4, 0.5) is 5.69 Å². The van der Waals surface area contributed by atoms with Gasteiger partial charge in [0.1, 0.15) is 22.7 Å². The Morgan fingerprint density at radius 2 is 1.94 bits per heavy atom. The Bertz CT molecular complexity index is 1240.